The third kappa shape index (κ3) is 2.99. The second-order valence-corrected chi connectivity index (χ2v) is 6.39. The van der Waals surface area contributed by atoms with Gasteiger partial charge in [-0.2, -0.15) is 0 Å². The molecule has 0 saturated heterocycles. The molecule has 6 heteroatoms. The van der Waals surface area contributed by atoms with Crippen LogP contribution in [-0.2, 0) is 9.53 Å². The average Bonchev–Trinajstić information content (AvgIpc) is 2.97. The minimum Gasteiger partial charge on any atom is -0.462 e. The Balaban J connectivity index is 1.57. The van der Waals surface area contributed by atoms with E-state index in [4.69, 9.17) is 4.74 Å². The number of anilines is 2. The summed E-state index contributed by atoms with van der Waals surface area (Å²) in [5.74, 6) is -1.11. The van der Waals surface area contributed by atoms with E-state index in [0.717, 1.165) is 10.8 Å². The van der Waals surface area contributed by atoms with Gasteiger partial charge in [0.05, 0.1) is 23.5 Å². The first kappa shape index (κ1) is 17.7. The van der Waals surface area contributed by atoms with E-state index in [9.17, 15) is 14.4 Å². The summed E-state index contributed by atoms with van der Waals surface area (Å²) in [6.07, 6.45) is 0. The fourth-order valence-corrected chi connectivity index (χ4v) is 3.45. The van der Waals surface area contributed by atoms with Crippen molar-refractivity contribution in [3.05, 3.63) is 71.8 Å². The summed E-state index contributed by atoms with van der Waals surface area (Å²) in [6.45, 7) is 1.81. The van der Waals surface area contributed by atoms with Crippen molar-refractivity contribution in [1.82, 2.24) is 0 Å². The molecular weight excluding hydrogens is 356 g/mol. The number of rotatable bonds is 5. The lowest BCUT2D eigenvalue weighted by Crippen LogP contribution is -2.35. The van der Waals surface area contributed by atoms with Crippen molar-refractivity contribution < 1.29 is 19.1 Å². The van der Waals surface area contributed by atoms with Crippen LogP contribution < -0.4 is 10.2 Å². The molecule has 0 spiro atoms. The van der Waals surface area contributed by atoms with Crippen LogP contribution in [0.4, 0.5) is 11.4 Å². The van der Waals surface area contributed by atoms with Crippen LogP contribution >= 0.6 is 0 Å². The van der Waals surface area contributed by atoms with Gasteiger partial charge in [-0.15, -0.1) is 0 Å². The molecule has 0 aromatic heterocycles. The van der Waals surface area contributed by atoms with E-state index in [0.29, 0.717) is 16.9 Å². The number of para-hydroxylation sites is 1. The summed E-state index contributed by atoms with van der Waals surface area (Å²) in [7, 11) is 0. The first-order chi connectivity index (χ1) is 13.6. The molecule has 1 aliphatic rings. The Labute approximate surface area is 161 Å². The van der Waals surface area contributed by atoms with Gasteiger partial charge in [0.1, 0.15) is 6.54 Å². The smallest absolute Gasteiger partial charge is 0.340 e. The Hall–Kier alpha value is -3.67. The summed E-state index contributed by atoms with van der Waals surface area (Å²) < 4.78 is 5.03. The largest absolute Gasteiger partial charge is 0.462 e. The molecular formula is C22H18N2O4. The molecule has 3 aromatic carbocycles. The Kier molecular flexibility index (Phi) is 4.53. The molecule has 1 N–H and O–H groups in total. The van der Waals surface area contributed by atoms with Crippen LogP contribution in [0.2, 0.25) is 0 Å². The molecule has 3 aromatic rings. The number of ether oxygens (including phenoxy) is 1. The maximum Gasteiger partial charge on any atom is 0.340 e. The lowest BCUT2D eigenvalue weighted by atomic mass is 10.1. The molecule has 6 nitrogen and oxygen atoms in total. The van der Waals surface area contributed by atoms with Gasteiger partial charge in [0.25, 0.3) is 5.91 Å². The number of hydrogen-bond donors (Lipinski definition) is 1. The van der Waals surface area contributed by atoms with Gasteiger partial charge in [0.2, 0.25) is 5.91 Å². The summed E-state index contributed by atoms with van der Waals surface area (Å²) >= 11 is 0. The number of carbonyl (C=O) groups excluding carboxylic acids is 3. The monoisotopic (exact) mass is 374 g/mol. The molecule has 0 aliphatic carbocycles. The van der Waals surface area contributed by atoms with Gasteiger partial charge in [-0.25, -0.2) is 4.79 Å². The highest BCUT2D eigenvalue weighted by atomic mass is 16.5. The Morgan fingerprint density at radius 2 is 1.75 bits per heavy atom. The molecule has 1 heterocycles. The molecule has 28 heavy (non-hydrogen) atoms. The molecule has 2 amide bonds. The fourth-order valence-electron chi connectivity index (χ4n) is 3.45. The number of benzene rings is 3. The van der Waals surface area contributed by atoms with Crippen molar-refractivity contribution in [2.75, 3.05) is 23.4 Å². The molecule has 1 aliphatic heterocycles. The van der Waals surface area contributed by atoms with E-state index in [2.05, 4.69) is 5.32 Å². The number of hydrogen-bond acceptors (Lipinski definition) is 4. The summed E-state index contributed by atoms with van der Waals surface area (Å²) in [6, 6.07) is 17.8. The van der Waals surface area contributed by atoms with E-state index in [1.165, 1.54) is 4.90 Å². The number of nitrogens with zero attached hydrogens (tertiary/aromatic N) is 1. The highest BCUT2D eigenvalue weighted by Gasteiger charge is 2.31. The highest BCUT2D eigenvalue weighted by molar-refractivity contribution is 6.26. The topological polar surface area (TPSA) is 75.7 Å². The third-order valence-corrected chi connectivity index (χ3v) is 4.65. The number of carbonyl (C=O) groups is 3. The summed E-state index contributed by atoms with van der Waals surface area (Å²) in [4.78, 5) is 39.0. The van der Waals surface area contributed by atoms with Crippen LogP contribution in [0.1, 0.15) is 27.6 Å². The maximum atomic E-state index is 12.8. The quantitative estimate of drug-likeness (QED) is 0.692. The molecule has 0 radical (unpaired) electrons. The van der Waals surface area contributed by atoms with Crippen LogP contribution in [0.25, 0.3) is 10.8 Å². The zero-order valence-electron chi connectivity index (χ0n) is 15.3. The molecule has 140 valence electrons. The van der Waals surface area contributed by atoms with Gasteiger partial charge in [-0.1, -0.05) is 36.4 Å². The van der Waals surface area contributed by atoms with Gasteiger partial charge in [-0.05, 0) is 36.6 Å². The second-order valence-electron chi connectivity index (χ2n) is 6.39. The van der Waals surface area contributed by atoms with Crippen LogP contribution in [0.15, 0.2) is 60.7 Å². The van der Waals surface area contributed by atoms with E-state index in [1.807, 2.05) is 30.3 Å². The van der Waals surface area contributed by atoms with Gasteiger partial charge < -0.3 is 10.1 Å². The maximum absolute atomic E-state index is 12.8. The molecule has 4 rings (SSSR count). The zero-order valence-corrected chi connectivity index (χ0v) is 15.3. The number of nitrogens with one attached hydrogen (secondary N) is 1. The van der Waals surface area contributed by atoms with Gasteiger partial charge >= 0.3 is 5.97 Å². The first-order valence-corrected chi connectivity index (χ1v) is 8.99. The SMILES string of the molecule is CCOC(=O)c1ccccc1NC(=O)CN1C(=O)c2cccc3cccc1c23. The predicted octanol–water partition coefficient (Wildman–Crippen LogP) is 3.62. The van der Waals surface area contributed by atoms with E-state index < -0.39 is 11.9 Å². The second kappa shape index (κ2) is 7.15. The van der Waals surface area contributed by atoms with Gasteiger partial charge in [0, 0.05) is 10.9 Å². The van der Waals surface area contributed by atoms with E-state index >= 15 is 0 Å². The Bertz CT molecular complexity index is 1100. The van der Waals surface area contributed by atoms with Crippen LogP contribution in [0.5, 0.6) is 0 Å². The van der Waals surface area contributed by atoms with Gasteiger partial charge in [-0.3, -0.25) is 14.5 Å². The van der Waals surface area contributed by atoms with Crippen LogP contribution in [0, 0.1) is 0 Å². The van der Waals surface area contributed by atoms with E-state index in [-0.39, 0.29) is 24.6 Å². The summed E-state index contributed by atoms with van der Waals surface area (Å²) in [5.41, 5.74) is 1.93. The van der Waals surface area contributed by atoms with Crippen LogP contribution in [-0.4, -0.2) is 30.9 Å². The first-order valence-electron chi connectivity index (χ1n) is 8.99. The summed E-state index contributed by atoms with van der Waals surface area (Å²) in [5, 5.41) is 4.54. The molecule has 0 atom stereocenters. The van der Waals surface area contributed by atoms with E-state index in [1.54, 1.807) is 37.3 Å². The lowest BCUT2D eigenvalue weighted by molar-refractivity contribution is -0.114. The van der Waals surface area contributed by atoms with Gasteiger partial charge in [0.15, 0.2) is 0 Å². The number of esters is 1. The molecule has 0 bridgehead atoms. The van der Waals surface area contributed by atoms with Crippen molar-refractivity contribution in [2.24, 2.45) is 0 Å². The minimum atomic E-state index is -0.507. The number of amides is 2. The van der Waals surface area contributed by atoms with Crippen molar-refractivity contribution in [3.63, 3.8) is 0 Å². The average molecular weight is 374 g/mol. The third-order valence-electron chi connectivity index (χ3n) is 4.65. The Morgan fingerprint density at radius 3 is 2.54 bits per heavy atom. The zero-order chi connectivity index (χ0) is 19.7. The van der Waals surface area contributed by atoms with Crippen molar-refractivity contribution in [2.45, 2.75) is 6.92 Å². The molecule has 0 unspecified atom stereocenters. The van der Waals surface area contributed by atoms with Crippen molar-refractivity contribution >= 4 is 39.9 Å². The molecule has 0 fully saturated rings. The van der Waals surface area contributed by atoms with Crippen molar-refractivity contribution in [1.29, 1.82) is 0 Å². The standard InChI is InChI=1S/C22H18N2O4/c1-2-28-22(27)15-9-3-4-11-17(15)23-19(25)13-24-18-12-6-8-14-7-5-10-16(20(14)18)21(24)26/h3-12H,2,13H2,1H3,(H,23,25). The lowest BCUT2D eigenvalue weighted by Gasteiger charge is -2.18. The minimum absolute atomic E-state index is 0.149. The highest BCUT2D eigenvalue weighted by Crippen LogP contribution is 2.36. The molecule has 0 saturated carbocycles. The van der Waals surface area contributed by atoms with Crippen LogP contribution in [0.3, 0.4) is 0 Å². The normalized spacial score (nSPS) is 12.3. The predicted molar refractivity (Wildman–Crippen MR) is 107 cm³/mol. The fraction of sp³-hybridized carbons (Fsp3) is 0.136. The Morgan fingerprint density at radius 1 is 1.00 bits per heavy atom. The van der Waals surface area contributed by atoms with Crippen molar-refractivity contribution in [3.8, 4) is 0 Å².